The molecule has 0 amide bonds. The Bertz CT molecular complexity index is 820. The number of hydrogen-bond acceptors (Lipinski definition) is 2. The predicted octanol–water partition coefficient (Wildman–Crippen LogP) is 3.05. The predicted molar refractivity (Wildman–Crippen MR) is 102 cm³/mol. The molecule has 5 nitrogen and oxygen atoms in total. The first-order chi connectivity index (χ1) is 12.3. The monoisotopic (exact) mass is 333 g/mol. The number of imidazole rings is 1. The second-order valence-electron chi connectivity index (χ2n) is 5.86. The lowest BCUT2D eigenvalue weighted by molar-refractivity contribution is 0.803. The minimum Gasteiger partial charge on any atom is -0.352 e. The van der Waals surface area contributed by atoms with Gasteiger partial charge in [0.25, 0.3) is 0 Å². The van der Waals surface area contributed by atoms with Crippen LogP contribution in [0.4, 0.5) is 0 Å². The number of aliphatic imine (C=N–C) groups is 1. The molecule has 3 aromatic rings. The van der Waals surface area contributed by atoms with E-state index in [1.54, 1.807) is 13.2 Å². The maximum atomic E-state index is 4.30. The van der Waals surface area contributed by atoms with E-state index in [2.05, 4.69) is 63.9 Å². The van der Waals surface area contributed by atoms with Gasteiger partial charge in [-0.25, -0.2) is 4.98 Å². The van der Waals surface area contributed by atoms with E-state index in [1.807, 2.05) is 29.2 Å². The summed E-state index contributed by atoms with van der Waals surface area (Å²) in [5.74, 6) is 0.779. The van der Waals surface area contributed by atoms with Crippen molar-refractivity contribution in [3.8, 4) is 5.69 Å². The molecule has 1 heterocycles. The second-order valence-corrected chi connectivity index (χ2v) is 5.86. The van der Waals surface area contributed by atoms with Crippen molar-refractivity contribution < 1.29 is 0 Å². The van der Waals surface area contributed by atoms with Crippen LogP contribution in [0.2, 0.25) is 0 Å². The number of aryl methyl sites for hydroxylation is 1. The van der Waals surface area contributed by atoms with Crippen molar-refractivity contribution in [3.05, 3.63) is 83.9 Å². The third-order valence-corrected chi connectivity index (χ3v) is 4.02. The molecule has 2 aromatic carbocycles. The molecule has 0 saturated heterocycles. The Labute approximate surface area is 148 Å². The van der Waals surface area contributed by atoms with Gasteiger partial charge < -0.3 is 15.2 Å². The van der Waals surface area contributed by atoms with Gasteiger partial charge in [0.05, 0.1) is 12.0 Å². The summed E-state index contributed by atoms with van der Waals surface area (Å²) in [6, 6.07) is 16.8. The molecule has 0 bridgehead atoms. The summed E-state index contributed by atoms with van der Waals surface area (Å²) in [6.45, 7) is 3.51. The molecule has 25 heavy (non-hydrogen) atoms. The number of nitrogens with zero attached hydrogens (tertiary/aromatic N) is 3. The van der Waals surface area contributed by atoms with E-state index in [-0.39, 0.29) is 0 Å². The first-order valence-electron chi connectivity index (χ1n) is 8.32. The van der Waals surface area contributed by atoms with Crippen LogP contribution in [-0.2, 0) is 13.1 Å². The molecular weight excluding hydrogens is 310 g/mol. The number of hydrogen-bond donors (Lipinski definition) is 2. The van der Waals surface area contributed by atoms with Crippen LogP contribution in [0.5, 0.6) is 0 Å². The third-order valence-electron chi connectivity index (χ3n) is 4.02. The molecule has 0 fully saturated rings. The first kappa shape index (κ1) is 16.8. The smallest absolute Gasteiger partial charge is 0.191 e. The molecule has 0 aliphatic rings. The first-order valence-corrected chi connectivity index (χ1v) is 8.32. The molecule has 0 atom stereocenters. The normalized spacial score (nSPS) is 11.4. The number of para-hydroxylation sites is 1. The fourth-order valence-corrected chi connectivity index (χ4v) is 2.61. The van der Waals surface area contributed by atoms with E-state index in [9.17, 15) is 0 Å². The zero-order valence-electron chi connectivity index (χ0n) is 14.6. The van der Waals surface area contributed by atoms with E-state index in [4.69, 9.17) is 0 Å². The molecule has 0 spiro atoms. The molecular formula is C20H23N5. The van der Waals surface area contributed by atoms with Gasteiger partial charge in [-0.2, -0.15) is 0 Å². The highest BCUT2D eigenvalue weighted by molar-refractivity contribution is 5.79. The Morgan fingerprint density at radius 2 is 1.80 bits per heavy atom. The molecule has 1 aromatic heterocycles. The van der Waals surface area contributed by atoms with Gasteiger partial charge in [-0.3, -0.25) is 4.99 Å². The molecule has 5 heteroatoms. The highest BCUT2D eigenvalue weighted by Gasteiger charge is 2.05. The lowest BCUT2D eigenvalue weighted by Crippen LogP contribution is -2.36. The summed E-state index contributed by atoms with van der Waals surface area (Å²) in [6.07, 6.45) is 5.54. The molecule has 128 valence electrons. The minimum absolute atomic E-state index is 0.682. The van der Waals surface area contributed by atoms with E-state index < -0.39 is 0 Å². The fourth-order valence-electron chi connectivity index (χ4n) is 2.61. The summed E-state index contributed by atoms with van der Waals surface area (Å²) in [5, 5.41) is 6.72. The van der Waals surface area contributed by atoms with E-state index >= 15 is 0 Å². The number of rotatable bonds is 5. The quantitative estimate of drug-likeness (QED) is 0.557. The standard InChI is InChI=1S/C20H23N5/c1-16-7-9-17(10-8-16)13-23-20(21-2)24-14-18-5-3-4-6-19(18)25-12-11-22-15-25/h3-12,15H,13-14H2,1-2H3,(H2,21,23,24). The van der Waals surface area contributed by atoms with Crippen LogP contribution in [0.1, 0.15) is 16.7 Å². The average molecular weight is 333 g/mol. The zero-order valence-corrected chi connectivity index (χ0v) is 14.6. The van der Waals surface area contributed by atoms with Crippen molar-refractivity contribution >= 4 is 5.96 Å². The Balaban J connectivity index is 1.61. The van der Waals surface area contributed by atoms with Gasteiger partial charge in [-0.15, -0.1) is 0 Å². The molecule has 3 rings (SSSR count). The van der Waals surface area contributed by atoms with Crippen LogP contribution >= 0.6 is 0 Å². The fraction of sp³-hybridized carbons (Fsp3) is 0.200. The summed E-state index contributed by atoms with van der Waals surface area (Å²) >= 11 is 0. The number of aromatic nitrogens is 2. The highest BCUT2D eigenvalue weighted by Crippen LogP contribution is 2.13. The number of nitrogens with one attached hydrogen (secondary N) is 2. The molecule has 0 unspecified atom stereocenters. The minimum atomic E-state index is 0.682. The Hall–Kier alpha value is -3.08. The summed E-state index contributed by atoms with van der Waals surface area (Å²) in [5.41, 5.74) is 4.79. The molecule has 0 aliphatic heterocycles. The van der Waals surface area contributed by atoms with Crippen molar-refractivity contribution in [3.63, 3.8) is 0 Å². The van der Waals surface area contributed by atoms with Crippen molar-refractivity contribution in [2.75, 3.05) is 7.05 Å². The summed E-state index contributed by atoms with van der Waals surface area (Å²) in [4.78, 5) is 8.43. The van der Waals surface area contributed by atoms with E-state index in [1.165, 1.54) is 16.7 Å². The zero-order chi connectivity index (χ0) is 17.5. The van der Waals surface area contributed by atoms with E-state index in [0.29, 0.717) is 6.54 Å². The lowest BCUT2D eigenvalue weighted by atomic mass is 10.1. The van der Waals surface area contributed by atoms with Crippen molar-refractivity contribution in [1.29, 1.82) is 0 Å². The van der Waals surface area contributed by atoms with Crippen LogP contribution in [0.15, 0.2) is 72.2 Å². The van der Waals surface area contributed by atoms with Crippen LogP contribution < -0.4 is 10.6 Å². The summed E-state index contributed by atoms with van der Waals surface area (Å²) < 4.78 is 2.01. The van der Waals surface area contributed by atoms with Gasteiger partial charge in [0.2, 0.25) is 0 Å². The molecule has 2 N–H and O–H groups in total. The molecule has 0 radical (unpaired) electrons. The Morgan fingerprint density at radius 3 is 2.52 bits per heavy atom. The second kappa shape index (κ2) is 8.15. The Kier molecular flexibility index (Phi) is 5.46. The van der Waals surface area contributed by atoms with Crippen LogP contribution in [0.25, 0.3) is 5.69 Å². The highest BCUT2D eigenvalue weighted by atomic mass is 15.2. The van der Waals surface area contributed by atoms with Crippen LogP contribution in [0.3, 0.4) is 0 Å². The van der Waals surface area contributed by atoms with Crippen molar-refractivity contribution in [2.24, 2.45) is 4.99 Å². The van der Waals surface area contributed by atoms with Gasteiger partial charge in [0.1, 0.15) is 0 Å². The van der Waals surface area contributed by atoms with Gasteiger partial charge in [0.15, 0.2) is 5.96 Å². The molecule has 0 saturated carbocycles. The SMILES string of the molecule is CN=C(NCc1ccc(C)cc1)NCc1ccccc1-n1ccnc1. The van der Waals surface area contributed by atoms with Crippen LogP contribution in [0, 0.1) is 6.92 Å². The maximum absolute atomic E-state index is 4.30. The lowest BCUT2D eigenvalue weighted by Gasteiger charge is -2.14. The van der Waals surface area contributed by atoms with Gasteiger partial charge in [-0.1, -0.05) is 48.0 Å². The third kappa shape index (κ3) is 4.47. The van der Waals surface area contributed by atoms with Crippen molar-refractivity contribution in [2.45, 2.75) is 20.0 Å². The van der Waals surface area contributed by atoms with Gasteiger partial charge >= 0.3 is 0 Å². The van der Waals surface area contributed by atoms with Crippen LogP contribution in [-0.4, -0.2) is 22.6 Å². The maximum Gasteiger partial charge on any atom is 0.191 e. The van der Waals surface area contributed by atoms with E-state index in [0.717, 1.165) is 18.2 Å². The largest absolute Gasteiger partial charge is 0.352 e. The van der Waals surface area contributed by atoms with Gasteiger partial charge in [-0.05, 0) is 24.1 Å². The van der Waals surface area contributed by atoms with Gasteiger partial charge in [0, 0.05) is 32.5 Å². The molecule has 0 aliphatic carbocycles. The summed E-state index contributed by atoms with van der Waals surface area (Å²) in [7, 11) is 1.78. The number of benzene rings is 2. The average Bonchev–Trinajstić information content (AvgIpc) is 3.18. The Morgan fingerprint density at radius 1 is 1.04 bits per heavy atom. The number of guanidine groups is 1. The topological polar surface area (TPSA) is 54.2 Å². The van der Waals surface area contributed by atoms with Crippen molar-refractivity contribution in [1.82, 2.24) is 20.2 Å².